The minimum absolute atomic E-state index is 0.0614. The zero-order chi connectivity index (χ0) is 23.1. The second-order valence-electron chi connectivity index (χ2n) is 7.77. The van der Waals surface area contributed by atoms with E-state index in [1.807, 2.05) is 48.5 Å². The van der Waals surface area contributed by atoms with E-state index in [2.05, 4.69) is 16.6 Å². The molecule has 1 aliphatic rings. The van der Waals surface area contributed by atoms with E-state index in [0.717, 1.165) is 22.3 Å². The Kier molecular flexibility index (Phi) is 7.50. The van der Waals surface area contributed by atoms with Gasteiger partial charge in [0.25, 0.3) is 0 Å². The number of benzene rings is 2. The molecule has 2 atom stereocenters. The van der Waals surface area contributed by atoms with Crippen LogP contribution in [-0.4, -0.2) is 41.8 Å². The van der Waals surface area contributed by atoms with Crippen molar-refractivity contribution < 1.29 is 24.2 Å². The average molecular weight is 434 g/mol. The lowest BCUT2D eigenvalue weighted by Crippen LogP contribution is -2.49. The molecule has 166 valence electrons. The van der Waals surface area contributed by atoms with Crippen molar-refractivity contribution in [3.8, 4) is 23.5 Å². The van der Waals surface area contributed by atoms with Crippen LogP contribution in [0.1, 0.15) is 43.2 Å². The summed E-state index contributed by atoms with van der Waals surface area (Å²) >= 11 is 0. The average Bonchev–Trinajstić information content (AvgIpc) is 3.09. The van der Waals surface area contributed by atoms with Gasteiger partial charge in [-0.1, -0.05) is 48.5 Å². The molecule has 0 spiro atoms. The molecule has 7 nitrogen and oxygen atoms in total. The SMILES string of the molecule is C#CCC(C)NC(=O)C(CCC(=O)O)NC(=O)OCC1c2ccccc2-c2ccccc21. The van der Waals surface area contributed by atoms with Gasteiger partial charge in [0.2, 0.25) is 5.91 Å². The van der Waals surface area contributed by atoms with E-state index in [1.165, 1.54) is 0 Å². The Bertz CT molecular complexity index is 997. The zero-order valence-corrected chi connectivity index (χ0v) is 17.8. The molecule has 7 heteroatoms. The van der Waals surface area contributed by atoms with Gasteiger partial charge >= 0.3 is 12.1 Å². The molecule has 3 N–H and O–H groups in total. The predicted octanol–water partition coefficient (Wildman–Crippen LogP) is 3.29. The number of hydrogen-bond donors (Lipinski definition) is 3. The zero-order valence-electron chi connectivity index (χ0n) is 17.8. The van der Waals surface area contributed by atoms with Gasteiger partial charge in [-0.3, -0.25) is 9.59 Å². The second kappa shape index (κ2) is 10.5. The minimum atomic E-state index is -1.06. The molecule has 0 radical (unpaired) electrons. The van der Waals surface area contributed by atoms with E-state index in [-0.39, 0.29) is 31.4 Å². The summed E-state index contributed by atoms with van der Waals surface area (Å²) in [4.78, 5) is 36.0. The Hall–Kier alpha value is -3.79. The number of fused-ring (bicyclic) bond motifs is 3. The molecule has 2 unspecified atom stereocenters. The number of rotatable bonds is 9. The summed E-state index contributed by atoms with van der Waals surface area (Å²) in [5, 5.41) is 14.2. The van der Waals surface area contributed by atoms with Crippen LogP contribution in [0.5, 0.6) is 0 Å². The first-order valence-electron chi connectivity index (χ1n) is 10.5. The molecule has 2 amide bonds. The molecule has 0 saturated heterocycles. The third-order valence-corrected chi connectivity index (χ3v) is 5.41. The quantitative estimate of drug-likeness (QED) is 0.526. The van der Waals surface area contributed by atoms with Crippen LogP contribution in [-0.2, 0) is 14.3 Å². The molecule has 1 aliphatic carbocycles. The first-order chi connectivity index (χ1) is 15.4. The number of amides is 2. The van der Waals surface area contributed by atoms with Crippen molar-refractivity contribution in [3.63, 3.8) is 0 Å². The fraction of sp³-hybridized carbons (Fsp3) is 0.320. The molecule has 3 rings (SSSR count). The lowest BCUT2D eigenvalue weighted by atomic mass is 9.98. The normalized spacial score (nSPS) is 13.8. The molecular formula is C25H26N2O5. The second-order valence-corrected chi connectivity index (χ2v) is 7.77. The van der Waals surface area contributed by atoms with Crippen LogP contribution in [0.25, 0.3) is 11.1 Å². The van der Waals surface area contributed by atoms with Gasteiger partial charge in [-0.15, -0.1) is 12.3 Å². The number of terminal acetylenes is 1. The van der Waals surface area contributed by atoms with E-state index >= 15 is 0 Å². The number of alkyl carbamates (subject to hydrolysis) is 1. The highest BCUT2D eigenvalue weighted by Crippen LogP contribution is 2.44. The lowest BCUT2D eigenvalue weighted by molar-refractivity contribution is -0.137. The summed E-state index contributed by atoms with van der Waals surface area (Å²) < 4.78 is 5.47. The molecule has 0 aromatic heterocycles. The van der Waals surface area contributed by atoms with Gasteiger partial charge in [-0.25, -0.2) is 4.79 Å². The summed E-state index contributed by atoms with van der Waals surface area (Å²) in [5.41, 5.74) is 4.37. The molecule has 32 heavy (non-hydrogen) atoms. The number of carbonyl (C=O) groups excluding carboxylic acids is 2. The summed E-state index contributed by atoms with van der Waals surface area (Å²) in [6, 6.07) is 14.6. The van der Waals surface area contributed by atoms with Crippen molar-refractivity contribution in [1.29, 1.82) is 0 Å². The molecular weight excluding hydrogens is 408 g/mol. The van der Waals surface area contributed by atoms with Gasteiger partial charge in [0.05, 0.1) is 0 Å². The monoisotopic (exact) mass is 434 g/mol. The Morgan fingerprint density at radius 2 is 1.66 bits per heavy atom. The Morgan fingerprint density at radius 1 is 1.06 bits per heavy atom. The highest BCUT2D eigenvalue weighted by molar-refractivity contribution is 5.86. The highest BCUT2D eigenvalue weighted by atomic mass is 16.5. The first kappa shape index (κ1) is 22.9. The maximum absolute atomic E-state index is 12.5. The van der Waals surface area contributed by atoms with Crippen molar-refractivity contribution in [3.05, 3.63) is 59.7 Å². The maximum atomic E-state index is 12.5. The van der Waals surface area contributed by atoms with Crippen molar-refractivity contribution in [2.45, 2.75) is 44.2 Å². The fourth-order valence-electron chi connectivity index (χ4n) is 3.89. The van der Waals surface area contributed by atoms with E-state index in [9.17, 15) is 14.4 Å². The molecule has 0 saturated carbocycles. The van der Waals surface area contributed by atoms with E-state index in [1.54, 1.807) is 6.92 Å². The third-order valence-electron chi connectivity index (χ3n) is 5.41. The van der Waals surface area contributed by atoms with Crippen molar-refractivity contribution in [1.82, 2.24) is 10.6 Å². The van der Waals surface area contributed by atoms with Gasteiger partial charge in [-0.2, -0.15) is 0 Å². The van der Waals surface area contributed by atoms with Gasteiger partial charge < -0.3 is 20.5 Å². The summed E-state index contributed by atoms with van der Waals surface area (Å²) in [7, 11) is 0. The number of aliphatic carboxylic acids is 1. The summed E-state index contributed by atoms with van der Waals surface area (Å²) in [6.07, 6.45) is 4.47. The van der Waals surface area contributed by atoms with Crippen LogP contribution in [0.4, 0.5) is 4.79 Å². The van der Waals surface area contributed by atoms with Gasteiger partial charge in [0.1, 0.15) is 12.6 Å². The number of carboxylic acid groups (broad SMARTS) is 1. The Labute approximate surface area is 187 Å². The summed E-state index contributed by atoms with van der Waals surface area (Å²) in [6.45, 7) is 1.83. The number of carbonyl (C=O) groups is 3. The molecule has 0 fully saturated rings. The predicted molar refractivity (Wildman–Crippen MR) is 120 cm³/mol. The molecule has 0 bridgehead atoms. The van der Waals surface area contributed by atoms with Gasteiger partial charge in [-0.05, 0) is 35.6 Å². The maximum Gasteiger partial charge on any atom is 0.407 e. The van der Waals surface area contributed by atoms with E-state index < -0.39 is 24.0 Å². The molecule has 0 heterocycles. The summed E-state index contributed by atoms with van der Waals surface area (Å²) in [5.74, 6) is 0.775. The van der Waals surface area contributed by atoms with Crippen molar-refractivity contribution >= 4 is 18.0 Å². The topological polar surface area (TPSA) is 105 Å². The fourth-order valence-corrected chi connectivity index (χ4v) is 3.89. The standard InChI is InChI=1S/C25H26N2O5/c1-3-8-16(2)26-24(30)22(13-14-23(28)29)27-25(31)32-15-21-19-11-6-4-9-17(19)18-10-5-7-12-20(18)21/h1,4-7,9-12,16,21-22H,8,13-15H2,2H3,(H,26,30)(H,27,31)(H,28,29). The van der Waals surface area contributed by atoms with Gasteiger partial charge in [0, 0.05) is 24.8 Å². The number of nitrogens with one attached hydrogen (secondary N) is 2. The third kappa shape index (κ3) is 5.46. The van der Waals surface area contributed by atoms with Crippen molar-refractivity contribution in [2.24, 2.45) is 0 Å². The molecule has 0 aliphatic heterocycles. The first-order valence-corrected chi connectivity index (χ1v) is 10.5. The van der Waals surface area contributed by atoms with Crippen LogP contribution in [0, 0.1) is 12.3 Å². The van der Waals surface area contributed by atoms with Gasteiger partial charge in [0.15, 0.2) is 0 Å². The van der Waals surface area contributed by atoms with E-state index in [4.69, 9.17) is 16.3 Å². The van der Waals surface area contributed by atoms with Crippen LogP contribution in [0.2, 0.25) is 0 Å². The number of carboxylic acids is 1. The lowest BCUT2D eigenvalue weighted by Gasteiger charge is -2.21. The van der Waals surface area contributed by atoms with E-state index in [0.29, 0.717) is 6.42 Å². The minimum Gasteiger partial charge on any atom is -0.481 e. The van der Waals surface area contributed by atoms with Crippen LogP contribution in [0.15, 0.2) is 48.5 Å². The Morgan fingerprint density at radius 3 is 2.22 bits per heavy atom. The van der Waals surface area contributed by atoms with Crippen LogP contribution < -0.4 is 10.6 Å². The molecule has 2 aromatic rings. The highest BCUT2D eigenvalue weighted by Gasteiger charge is 2.30. The Balaban J connectivity index is 1.65. The largest absolute Gasteiger partial charge is 0.481 e. The number of ether oxygens (including phenoxy) is 1. The van der Waals surface area contributed by atoms with Crippen LogP contribution in [0.3, 0.4) is 0 Å². The van der Waals surface area contributed by atoms with Crippen molar-refractivity contribution in [2.75, 3.05) is 6.61 Å². The molecule has 2 aromatic carbocycles. The number of hydrogen-bond acceptors (Lipinski definition) is 4. The smallest absolute Gasteiger partial charge is 0.407 e. The van der Waals surface area contributed by atoms with Crippen LogP contribution >= 0.6 is 0 Å².